The minimum absolute atomic E-state index is 0.329. The van der Waals surface area contributed by atoms with Crippen molar-refractivity contribution in [3.05, 3.63) is 29.8 Å². The predicted molar refractivity (Wildman–Crippen MR) is 71.9 cm³/mol. The molecule has 0 heterocycles. The first-order valence-electron chi connectivity index (χ1n) is 7.12. The summed E-state index contributed by atoms with van der Waals surface area (Å²) in [5.41, 5.74) is 1.43. The fourth-order valence-electron chi connectivity index (χ4n) is 3.67. The van der Waals surface area contributed by atoms with Crippen molar-refractivity contribution in [2.24, 2.45) is 0 Å². The summed E-state index contributed by atoms with van der Waals surface area (Å²) < 4.78 is 5.50. The molecule has 2 nitrogen and oxygen atoms in total. The summed E-state index contributed by atoms with van der Waals surface area (Å²) in [4.78, 5) is 0. The lowest BCUT2D eigenvalue weighted by atomic mass is 9.56. The molecule has 1 N–H and O–H groups in total. The molecule has 98 valence electrons. The molecule has 0 spiro atoms. The number of hydrogen-bond acceptors (Lipinski definition) is 2. The van der Waals surface area contributed by atoms with Gasteiger partial charge in [-0.3, -0.25) is 0 Å². The zero-order valence-electron chi connectivity index (χ0n) is 11.1. The standard InChI is InChI=1S/C16H22O2/c1-2-18-14-5-3-13(4-6-14)15-7-10-16(17,11-8-15)12-9-15/h3-6,17H,2,7-12H2,1H3. The molecule has 2 heteroatoms. The van der Waals surface area contributed by atoms with Crippen LogP contribution in [0.5, 0.6) is 5.75 Å². The third-order valence-electron chi connectivity index (χ3n) is 4.98. The lowest BCUT2D eigenvalue weighted by Gasteiger charge is -2.51. The number of ether oxygens (including phenoxy) is 1. The van der Waals surface area contributed by atoms with Gasteiger partial charge in [-0.1, -0.05) is 12.1 Å². The van der Waals surface area contributed by atoms with E-state index in [9.17, 15) is 5.11 Å². The summed E-state index contributed by atoms with van der Waals surface area (Å²) in [5, 5.41) is 10.3. The van der Waals surface area contributed by atoms with E-state index in [4.69, 9.17) is 4.74 Å². The van der Waals surface area contributed by atoms with Gasteiger partial charge in [0.25, 0.3) is 0 Å². The quantitative estimate of drug-likeness (QED) is 0.885. The van der Waals surface area contributed by atoms with Crippen molar-refractivity contribution >= 4 is 0 Å². The van der Waals surface area contributed by atoms with Crippen LogP contribution in [-0.2, 0) is 5.41 Å². The third-order valence-corrected chi connectivity index (χ3v) is 4.98. The van der Waals surface area contributed by atoms with Crippen molar-refractivity contribution in [3.63, 3.8) is 0 Å². The highest BCUT2D eigenvalue weighted by Crippen LogP contribution is 2.53. The van der Waals surface area contributed by atoms with Gasteiger partial charge in [0.1, 0.15) is 5.75 Å². The minimum Gasteiger partial charge on any atom is -0.494 e. The molecule has 0 amide bonds. The second-order valence-corrected chi connectivity index (χ2v) is 5.96. The van der Waals surface area contributed by atoms with Crippen LogP contribution < -0.4 is 4.74 Å². The summed E-state index contributed by atoms with van der Waals surface area (Å²) in [6.45, 7) is 2.73. The molecule has 3 aliphatic carbocycles. The fourth-order valence-corrected chi connectivity index (χ4v) is 3.67. The van der Waals surface area contributed by atoms with Gasteiger partial charge in [0.2, 0.25) is 0 Å². The number of fused-ring (bicyclic) bond motifs is 3. The Morgan fingerprint density at radius 1 is 1.00 bits per heavy atom. The molecular weight excluding hydrogens is 224 g/mol. The molecule has 3 aliphatic rings. The third kappa shape index (κ3) is 1.93. The highest BCUT2D eigenvalue weighted by atomic mass is 16.5. The van der Waals surface area contributed by atoms with Crippen LogP contribution >= 0.6 is 0 Å². The van der Waals surface area contributed by atoms with E-state index in [1.807, 2.05) is 6.92 Å². The summed E-state index contributed by atoms with van der Waals surface area (Å²) in [5.74, 6) is 0.959. The molecule has 0 unspecified atom stereocenters. The molecule has 3 saturated carbocycles. The van der Waals surface area contributed by atoms with Crippen molar-refractivity contribution in [2.75, 3.05) is 6.61 Å². The van der Waals surface area contributed by atoms with Crippen LogP contribution in [0.25, 0.3) is 0 Å². The molecule has 1 aromatic rings. The van der Waals surface area contributed by atoms with Gasteiger partial charge >= 0.3 is 0 Å². The lowest BCUT2D eigenvalue weighted by Crippen LogP contribution is -2.48. The molecule has 2 bridgehead atoms. The Hall–Kier alpha value is -1.02. The van der Waals surface area contributed by atoms with Crippen molar-refractivity contribution in [2.45, 2.75) is 56.5 Å². The Labute approximate surface area is 109 Å². The Balaban J connectivity index is 1.82. The topological polar surface area (TPSA) is 29.5 Å². The first-order chi connectivity index (χ1) is 8.66. The average molecular weight is 246 g/mol. The Morgan fingerprint density at radius 2 is 1.56 bits per heavy atom. The van der Waals surface area contributed by atoms with Gasteiger partial charge in [-0.25, -0.2) is 0 Å². The molecule has 0 radical (unpaired) electrons. The van der Waals surface area contributed by atoms with Crippen LogP contribution in [0, 0.1) is 0 Å². The van der Waals surface area contributed by atoms with Gasteiger partial charge in [-0.15, -0.1) is 0 Å². The average Bonchev–Trinajstić information content (AvgIpc) is 2.41. The monoisotopic (exact) mass is 246 g/mol. The van der Waals surface area contributed by atoms with Crippen molar-refractivity contribution in [1.29, 1.82) is 0 Å². The number of rotatable bonds is 3. The zero-order chi connectivity index (χ0) is 12.6. The summed E-state index contributed by atoms with van der Waals surface area (Å²) >= 11 is 0. The van der Waals surface area contributed by atoms with Crippen LogP contribution in [0.3, 0.4) is 0 Å². The predicted octanol–water partition coefficient (Wildman–Crippen LogP) is 3.42. The van der Waals surface area contributed by atoms with Crippen molar-refractivity contribution in [3.8, 4) is 5.75 Å². The number of benzene rings is 1. The van der Waals surface area contributed by atoms with Gasteiger partial charge in [-0.05, 0) is 68.6 Å². The SMILES string of the molecule is CCOc1ccc(C23CCC(O)(CC2)CC3)cc1. The largest absolute Gasteiger partial charge is 0.494 e. The summed E-state index contributed by atoms with van der Waals surface area (Å²) in [6, 6.07) is 8.62. The van der Waals surface area contributed by atoms with Crippen LogP contribution in [0.2, 0.25) is 0 Å². The summed E-state index contributed by atoms with van der Waals surface area (Å²) in [6.07, 6.45) is 6.33. The van der Waals surface area contributed by atoms with Crippen LogP contribution in [-0.4, -0.2) is 17.3 Å². The van der Waals surface area contributed by atoms with E-state index in [1.165, 1.54) is 5.56 Å². The fraction of sp³-hybridized carbons (Fsp3) is 0.625. The summed E-state index contributed by atoms with van der Waals surface area (Å²) in [7, 11) is 0. The van der Waals surface area contributed by atoms with E-state index in [2.05, 4.69) is 24.3 Å². The maximum atomic E-state index is 10.3. The Bertz CT molecular complexity index is 397. The molecule has 4 rings (SSSR count). The first-order valence-corrected chi connectivity index (χ1v) is 7.12. The zero-order valence-corrected chi connectivity index (χ0v) is 11.1. The second kappa shape index (κ2) is 4.27. The van der Waals surface area contributed by atoms with Gasteiger partial charge in [-0.2, -0.15) is 0 Å². The molecular formula is C16H22O2. The molecule has 0 atom stereocenters. The van der Waals surface area contributed by atoms with E-state index in [-0.39, 0.29) is 5.60 Å². The van der Waals surface area contributed by atoms with E-state index in [0.29, 0.717) is 5.41 Å². The van der Waals surface area contributed by atoms with Gasteiger partial charge in [0.15, 0.2) is 0 Å². The number of aliphatic hydroxyl groups is 1. The highest BCUT2D eigenvalue weighted by Gasteiger charge is 2.48. The molecule has 1 aromatic carbocycles. The van der Waals surface area contributed by atoms with E-state index >= 15 is 0 Å². The highest BCUT2D eigenvalue weighted by molar-refractivity contribution is 5.34. The molecule has 0 aromatic heterocycles. The first kappa shape index (κ1) is 12.0. The maximum absolute atomic E-state index is 10.3. The van der Waals surface area contributed by atoms with Crippen LogP contribution in [0.15, 0.2) is 24.3 Å². The van der Waals surface area contributed by atoms with Gasteiger partial charge < -0.3 is 9.84 Å². The van der Waals surface area contributed by atoms with E-state index in [0.717, 1.165) is 50.9 Å². The van der Waals surface area contributed by atoms with Crippen molar-refractivity contribution in [1.82, 2.24) is 0 Å². The van der Waals surface area contributed by atoms with E-state index in [1.54, 1.807) is 0 Å². The van der Waals surface area contributed by atoms with Gasteiger partial charge in [0, 0.05) is 0 Å². The van der Waals surface area contributed by atoms with Crippen molar-refractivity contribution < 1.29 is 9.84 Å². The molecule has 3 fully saturated rings. The smallest absolute Gasteiger partial charge is 0.119 e. The Kier molecular flexibility index (Phi) is 2.86. The minimum atomic E-state index is -0.340. The normalized spacial score (nSPS) is 34.6. The number of hydrogen-bond donors (Lipinski definition) is 1. The molecule has 18 heavy (non-hydrogen) atoms. The Morgan fingerprint density at radius 3 is 2.06 bits per heavy atom. The lowest BCUT2D eigenvalue weighted by molar-refractivity contribution is -0.0660. The van der Waals surface area contributed by atoms with Crippen LogP contribution in [0.4, 0.5) is 0 Å². The molecule has 0 aliphatic heterocycles. The van der Waals surface area contributed by atoms with E-state index < -0.39 is 0 Å². The van der Waals surface area contributed by atoms with Crippen LogP contribution in [0.1, 0.15) is 51.0 Å². The molecule has 0 saturated heterocycles. The second-order valence-electron chi connectivity index (χ2n) is 5.96. The maximum Gasteiger partial charge on any atom is 0.119 e. The van der Waals surface area contributed by atoms with Gasteiger partial charge in [0.05, 0.1) is 12.2 Å².